The van der Waals surface area contributed by atoms with E-state index in [1.807, 2.05) is 0 Å². The number of hydrogen-bond acceptors (Lipinski definition) is 6. The van der Waals surface area contributed by atoms with E-state index in [1.54, 1.807) is 0 Å². The van der Waals surface area contributed by atoms with Crippen LogP contribution in [-0.2, 0) is 28.6 Å². The zero-order valence-corrected chi connectivity index (χ0v) is 39.3. The first-order valence-corrected chi connectivity index (χ1v) is 25.5. The molecule has 0 rings (SSSR count). The predicted molar refractivity (Wildman–Crippen MR) is 252 cm³/mol. The zero-order valence-electron chi connectivity index (χ0n) is 39.3. The minimum Gasteiger partial charge on any atom is -0.462 e. The van der Waals surface area contributed by atoms with Crippen LogP contribution < -0.4 is 0 Å². The lowest BCUT2D eigenvalue weighted by Gasteiger charge is -2.18. The number of hydrogen-bond donors (Lipinski definition) is 0. The van der Waals surface area contributed by atoms with Crippen molar-refractivity contribution in [3.8, 4) is 0 Å². The molecule has 0 radical (unpaired) electrons. The molecule has 0 saturated heterocycles. The molecule has 0 amide bonds. The molecule has 1 unspecified atom stereocenters. The third kappa shape index (κ3) is 46.5. The van der Waals surface area contributed by atoms with Crippen molar-refractivity contribution in [3.05, 3.63) is 36.5 Å². The van der Waals surface area contributed by atoms with Gasteiger partial charge in [0.15, 0.2) is 6.10 Å². The Labute approximate surface area is 365 Å². The minimum atomic E-state index is -0.777. The quantitative estimate of drug-likeness (QED) is 0.0263. The normalized spacial score (nSPS) is 12.3. The smallest absolute Gasteiger partial charge is 0.306 e. The van der Waals surface area contributed by atoms with Gasteiger partial charge < -0.3 is 14.2 Å². The van der Waals surface area contributed by atoms with E-state index in [2.05, 4.69) is 57.2 Å². The van der Waals surface area contributed by atoms with E-state index in [4.69, 9.17) is 14.2 Å². The number of unbranched alkanes of at least 4 members (excludes halogenated alkanes) is 29. The molecule has 0 aliphatic carbocycles. The van der Waals surface area contributed by atoms with Crippen molar-refractivity contribution >= 4 is 17.9 Å². The second kappa shape index (κ2) is 48.3. The van der Waals surface area contributed by atoms with E-state index in [1.165, 1.54) is 135 Å². The Morgan fingerprint density at radius 2 is 0.610 bits per heavy atom. The highest BCUT2D eigenvalue weighted by Crippen LogP contribution is 2.15. The number of allylic oxidation sites excluding steroid dienone is 6. The van der Waals surface area contributed by atoms with Gasteiger partial charge in [-0.3, -0.25) is 14.4 Å². The van der Waals surface area contributed by atoms with Crippen LogP contribution in [0.2, 0.25) is 0 Å². The molecule has 0 fully saturated rings. The van der Waals surface area contributed by atoms with Gasteiger partial charge in [0, 0.05) is 19.3 Å². The molecular weight excluding hydrogens is 733 g/mol. The fourth-order valence-corrected chi connectivity index (χ4v) is 7.23. The van der Waals surface area contributed by atoms with E-state index in [0.717, 1.165) is 89.9 Å². The van der Waals surface area contributed by atoms with E-state index in [0.29, 0.717) is 19.3 Å². The molecule has 0 aromatic rings. The fraction of sp³-hybridized carbons (Fsp3) is 0.830. The molecule has 0 aliphatic rings. The van der Waals surface area contributed by atoms with Gasteiger partial charge in [-0.2, -0.15) is 0 Å². The third-order valence-electron chi connectivity index (χ3n) is 11.1. The number of ether oxygens (including phenoxy) is 3. The molecular formula is C53H96O6. The van der Waals surface area contributed by atoms with Crippen molar-refractivity contribution in [1.82, 2.24) is 0 Å². The van der Waals surface area contributed by atoms with Crippen LogP contribution >= 0.6 is 0 Å². The summed E-state index contributed by atoms with van der Waals surface area (Å²) in [5, 5.41) is 0. The molecule has 0 N–H and O–H groups in total. The van der Waals surface area contributed by atoms with Crippen molar-refractivity contribution in [2.75, 3.05) is 13.2 Å². The number of carbonyl (C=O) groups excluding carboxylic acids is 3. The van der Waals surface area contributed by atoms with Gasteiger partial charge in [-0.1, -0.05) is 205 Å². The summed E-state index contributed by atoms with van der Waals surface area (Å²) in [5.74, 6) is -0.893. The number of rotatable bonds is 46. The molecule has 344 valence electrons. The summed E-state index contributed by atoms with van der Waals surface area (Å²) >= 11 is 0. The van der Waals surface area contributed by atoms with Gasteiger partial charge in [-0.25, -0.2) is 0 Å². The standard InChI is InChI=1S/C53H96O6/c1-4-7-10-13-16-19-22-24-26-27-29-31-34-37-40-43-46-52(55)58-49-50(48-57-51(54)45-42-39-36-33-30-21-18-15-12-9-6-3)59-53(56)47-44-41-38-35-32-28-25-23-20-17-14-11-8-5-2/h19,22-23,25-27,50H,4-18,20-21,24,28-49H2,1-3H3/b22-19-,25-23-,27-26-. The minimum absolute atomic E-state index is 0.0775. The molecule has 6 nitrogen and oxygen atoms in total. The maximum absolute atomic E-state index is 12.8. The van der Waals surface area contributed by atoms with Crippen LogP contribution in [0.15, 0.2) is 36.5 Å². The average Bonchev–Trinajstić information content (AvgIpc) is 3.23. The highest BCUT2D eigenvalue weighted by molar-refractivity contribution is 5.71. The summed E-state index contributed by atoms with van der Waals surface area (Å²) in [5.41, 5.74) is 0. The monoisotopic (exact) mass is 829 g/mol. The summed E-state index contributed by atoms with van der Waals surface area (Å²) in [6, 6.07) is 0. The second-order valence-corrected chi connectivity index (χ2v) is 17.1. The zero-order chi connectivity index (χ0) is 43.0. The first-order valence-electron chi connectivity index (χ1n) is 25.5. The van der Waals surface area contributed by atoms with Crippen molar-refractivity contribution in [2.45, 2.75) is 271 Å². The Hall–Kier alpha value is -2.37. The lowest BCUT2D eigenvalue weighted by molar-refractivity contribution is -0.167. The van der Waals surface area contributed by atoms with Crippen LogP contribution in [0.3, 0.4) is 0 Å². The summed E-state index contributed by atoms with van der Waals surface area (Å²) in [6.45, 7) is 6.60. The Morgan fingerprint density at radius 3 is 0.966 bits per heavy atom. The molecule has 0 aromatic carbocycles. The largest absolute Gasteiger partial charge is 0.462 e. The van der Waals surface area contributed by atoms with Gasteiger partial charge in [0.05, 0.1) is 0 Å². The van der Waals surface area contributed by atoms with Crippen LogP contribution in [0.4, 0.5) is 0 Å². The maximum Gasteiger partial charge on any atom is 0.306 e. The number of esters is 3. The van der Waals surface area contributed by atoms with Crippen LogP contribution in [0.5, 0.6) is 0 Å². The predicted octanol–water partition coefficient (Wildman–Crippen LogP) is 16.5. The van der Waals surface area contributed by atoms with Crippen LogP contribution in [0.1, 0.15) is 265 Å². The third-order valence-corrected chi connectivity index (χ3v) is 11.1. The van der Waals surface area contributed by atoms with Gasteiger partial charge in [0.25, 0.3) is 0 Å². The average molecular weight is 829 g/mol. The van der Waals surface area contributed by atoms with E-state index in [9.17, 15) is 14.4 Å². The van der Waals surface area contributed by atoms with Crippen molar-refractivity contribution in [3.63, 3.8) is 0 Å². The first-order chi connectivity index (χ1) is 29.0. The number of carbonyl (C=O) groups is 3. The Balaban J connectivity index is 4.38. The Kier molecular flexibility index (Phi) is 46.4. The molecule has 0 heterocycles. The van der Waals surface area contributed by atoms with Crippen molar-refractivity contribution in [1.29, 1.82) is 0 Å². The van der Waals surface area contributed by atoms with Crippen molar-refractivity contribution in [2.24, 2.45) is 0 Å². The van der Waals surface area contributed by atoms with Gasteiger partial charge in [0.1, 0.15) is 13.2 Å². The first kappa shape index (κ1) is 56.6. The Morgan fingerprint density at radius 1 is 0.339 bits per heavy atom. The highest BCUT2D eigenvalue weighted by Gasteiger charge is 2.19. The van der Waals surface area contributed by atoms with Gasteiger partial charge in [-0.05, 0) is 77.0 Å². The summed E-state index contributed by atoms with van der Waals surface area (Å²) < 4.78 is 16.8. The lowest BCUT2D eigenvalue weighted by atomic mass is 10.1. The van der Waals surface area contributed by atoms with Gasteiger partial charge >= 0.3 is 17.9 Å². The summed E-state index contributed by atoms with van der Waals surface area (Å²) in [4.78, 5) is 37.9. The van der Waals surface area contributed by atoms with E-state index < -0.39 is 6.10 Å². The van der Waals surface area contributed by atoms with Gasteiger partial charge in [0.2, 0.25) is 0 Å². The molecule has 6 heteroatoms. The SMILES string of the molecule is CCCCCC/C=C\C/C=C\CCCCCCCC(=O)OCC(COC(=O)CCCCCCCCCCCCC)OC(=O)CCCCCCC/C=C\CCCCCCC. The molecule has 1 atom stereocenters. The van der Waals surface area contributed by atoms with Crippen LogP contribution in [-0.4, -0.2) is 37.2 Å². The van der Waals surface area contributed by atoms with Gasteiger partial charge in [-0.15, -0.1) is 0 Å². The lowest BCUT2D eigenvalue weighted by Crippen LogP contribution is -2.30. The molecule has 0 aromatic heterocycles. The molecule has 0 aliphatic heterocycles. The van der Waals surface area contributed by atoms with E-state index >= 15 is 0 Å². The molecule has 0 spiro atoms. The molecule has 0 bridgehead atoms. The molecule has 0 saturated carbocycles. The van der Waals surface area contributed by atoms with Crippen LogP contribution in [0.25, 0.3) is 0 Å². The Bertz CT molecular complexity index is 1000. The topological polar surface area (TPSA) is 78.9 Å². The van der Waals surface area contributed by atoms with Crippen LogP contribution in [0, 0.1) is 0 Å². The summed E-state index contributed by atoms with van der Waals surface area (Å²) in [6.07, 6.45) is 55.5. The van der Waals surface area contributed by atoms with E-state index in [-0.39, 0.29) is 31.1 Å². The maximum atomic E-state index is 12.8. The summed E-state index contributed by atoms with van der Waals surface area (Å²) in [7, 11) is 0. The highest BCUT2D eigenvalue weighted by atomic mass is 16.6. The van der Waals surface area contributed by atoms with Crippen molar-refractivity contribution < 1.29 is 28.6 Å². The second-order valence-electron chi connectivity index (χ2n) is 17.1. The fourth-order valence-electron chi connectivity index (χ4n) is 7.23. The molecule has 59 heavy (non-hydrogen) atoms.